The molecule has 1 amide bonds. The SMILES string of the molecule is CC(=O)N(c1nn(CN(C)Cc2ccc(Cl)cc2)c(=S)s1)C1CC1. The Labute approximate surface area is 155 Å². The van der Waals surface area contributed by atoms with Gasteiger partial charge in [-0.2, -0.15) is 0 Å². The van der Waals surface area contributed by atoms with E-state index in [2.05, 4.69) is 10.00 Å². The number of hydrogen-bond donors (Lipinski definition) is 0. The summed E-state index contributed by atoms with van der Waals surface area (Å²) in [6, 6.07) is 8.09. The molecule has 1 saturated carbocycles. The molecule has 0 atom stereocenters. The monoisotopic (exact) mass is 382 g/mol. The number of rotatable bonds is 6. The fraction of sp³-hybridized carbons (Fsp3) is 0.438. The maximum Gasteiger partial charge on any atom is 0.225 e. The van der Waals surface area contributed by atoms with Crippen LogP contribution in [0.2, 0.25) is 5.02 Å². The number of anilines is 1. The van der Waals surface area contributed by atoms with Crippen molar-refractivity contribution in [1.82, 2.24) is 14.7 Å². The summed E-state index contributed by atoms with van der Waals surface area (Å²) in [5.41, 5.74) is 1.17. The van der Waals surface area contributed by atoms with Crippen LogP contribution >= 0.6 is 35.2 Å². The summed E-state index contributed by atoms with van der Waals surface area (Å²) >= 11 is 12.7. The minimum Gasteiger partial charge on any atom is -0.284 e. The van der Waals surface area contributed by atoms with Gasteiger partial charge in [-0.3, -0.25) is 14.6 Å². The lowest BCUT2D eigenvalue weighted by Gasteiger charge is -2.18. The lowest BCUT2D eigenvalue weighted by molar-refractivity contribution is -0.116. The third-order valence-corrected chi connectivity index (χ3v) is 5.35. The Morgan fingerprint density at radius 3 is 2.67 bits per heavy atom. The largest absolute Gasteiger partial charge is 0.284 e. The fourth-order valence-electron chi connectivity index (χ4n) is 2.54. The van der Waals surface area contributed by atoms with Crippen LogP contribution in [-0.4, -0.2) is 33.7 Å². The van der Waals surface area contributed by atoms with Gasteiger partial charge < -0.3 is 0 Å². The van der Waals surface area contributed by atoms with Crippen molar-refractivity contribution in [2.24, 2.45) is 0 Å². The number of benzene rings is 1. The number of halogens is 1. The van der Waals surface area contributed by atoms with Crippen LogP contribution in [0.4, 0.5) is 5.13 Å². The molecule has 5 nitrogen and oxygen atoms in total. The summed E-state index contributed by atoms with van der Waals surface area (Å²) in [4.78, 5) is 15.8. The normalized spacial score (nSPS) is 14.2. The van der Waals surface area contributed by atoms with Crippen molar-refractivity contribution < 1.29 is 4.79 Å². The Balaban J connectivity index is 1.69. The third kappa shape index (κ3) is 4.22. The van der Waals surface area contributed by atoms with Gasteiger partial charge in [-0.05, 0) is 49.8 Å². The van der Waals surface area contributed by atoms with Gasteiger partial charge in [-0.25, -0.2) is 4.68 Å². The number of amides is 1. The Bertz CT molecular complexity index is 782. The standard InChI is InChI=1S/C16H19ClN4OS2/c1-11(22)21(14-7-8-14)15-18-20(16(23)24-15)10-19(2)9-12-3-5-13(17)6-4-12/h3-6,14H,7-10H2,1-2H3. The molecule has 3 rings (SSSR count). The minimum atomic E-state index is 0.0305. The van der Waals surface area contributed by atoms with Gasteiger partial charge in [0.05, 0.1) is 6.67 Å². The highest BCUT2D eigenvalue weighted by Crippen LogP contribution is 2.33. The Morgan fingerprint density at radius 2 is 2.08 bits per heavy atom. The Hall–Kier alpha value is -1.28. The van der Waals surface area contributed by atoms with Crippen LogP contribution in [0.1, 0.15) is 25.3 Å². The number of carbonyl (C=O) groups excluding carboxylic acids is 1. The zero-order valence-corrected chi connectivity index (χ0v) is 16.0. The van der Waals surface area contributed by atoms with Gasteiger partial charge in [0.1, 0.15) is 0 Å². The molecular weight excluding hydrogens is 364 g/mol. The summed E-state index contributed by atoms with van der Waals surface area (Å²) in [6.07, 6.45) is 2.09. The van der Waals surface area contributed by atoms with E-state index in [1.54, 1.807) is 16.5 Å². The van der Waals surface area contributed by atoms with Gasteiger partial charge in [0.15, 0.2) is 3.95 Å². The molecule has 1 aromatic carbocycles. The molecule has 1 aliphatic rings. The quantitative estimate of drug-likeness (QED) is 0.710. The molecular formula is C16H19ClN4OS2. The topological polar surface area (TPSA) is 41.4 Å². The third-order valence-electron chi connectivity index (χ3n) is 3.79. The molecule has 0 unspecified atom stereocenters. The molecule has 0 saturated heterocycles. The van der Waals surface area contributed by atoms with Crippen molar-refractivity contribution in [1.29, 1.82) is 0 Å². The van der Waals surface area contributed by atoms with Gasteiger partial charge in [0, 0.05) is 24.5 Å². The first-order chi connectivity index (χ1) is 11.4. The Morgan fingerprint density at radius 1 is 1.42 bits per heavy atom. The average molecular weight is 383 g/mol. The molecule has 0 N–H and O–H groups in total. The van der Waals surface area contributed by atoms with Crippen LogP contribution in [0, 0.1) is 3.95 Å². The fourth-order valence-corrected chi connectivity index (χ4v) is 3.87. The van der Waals surface area contributed by atoms with Crippen LogP contribution < -0.4 is 4.90 Å². The van der Waals surface area contributed by atoms with Crippen LogP contribution in [0.15, 0.2) is 24.3 Å². The molecule has 0 aliphatic heterocycles. The van der Waals surface area contributed by atoms with Crippen LogP contribution in [0.3, 0.4) is 0 Å². The highest BCUT2D eigenvalue weighted by Gasteiger charge is 2.34. The van der Waals surface area contributed by atoms with Crippen molar-refractivity contribution in [3.05, 3.63) is 38.8 Å². The maximum absolute atomic E-state index is 11.9. The van der Waals surface area contributed by atoms with E-state index in [9.17, 15) is 4.79 Å². The average Bonchev–Trinajstić information content (AvgIpc) is 3.27. The van der Waals surface area contributed by atoms with E-state index < -0.39 is 0 Å². The summed E-state index contributed by atoms with van der Waals surface area (Å²) in [5.74, 6) is 0.0305. The van der Waals surface area contributed by atoms with E-state index in [4.69, 9.17) is 23.8 Å². The predicted octanol–water partition coefficient (Wildman–Crippen LogP) is 3.93. The lowest BCUT2D eigenvalue weighted by atomic mass is 10.2. The number of aromatic nitrogens is 2. The van der Waals surface area contributed by atoms with Gasteiger partial charge in [-0.1, -0.05) is 35.1 Å². The summed E-state index contributed by atoms with van der Waals surface area (Å²) in [7, 11) is 2.01. The summed E-state index contributed by atoms with van der Waals surface area (Å²) in [5, 5.41) is 6.00. The Kier molecular flexibility index (Phi) is 5.34. The zero-order valence-electron chi connectivity index (χ0n) is 13.6. The first kappa shape index (κ1) is 17.5. The molecule has 0 spiro atoms. The molecule has 0 radical (unpaired) electrons. The molecule has 8 heteroatoms. The van der Waals surface area contributed by atoms with E-state index in [0.717, 1.165) is 24.4 Å². The highest BCUT2D eigenvalue weighted by molar-refractivity contribution is 7.73. The molecule has 1 heterocycles. The molecule has 128 valence electrons. The van der Waals surface area contributed by atoms with Gasteiger partial charge >= 0.3 is 0 Å². The number of hydrogen-bond acceptors (Lipinski definition) is 5. The molecule has 24 heavy (non-hydrogen) atoms. The predicted molar refractivity (Wildman–Crippen MR) is 100 cm³/mol. The second-order valence-corrected chi connectivity index (χ2v) is 8.09. The molecule has 1 aliphatic carbocycles. The van der Waals surface area contributed by atoms with E-state index in [1.807, 2.05) is 31.3 Å². The van der Waals surface area contributed by atoms with Crippen molar-refractivity contribution in [3.8, 4) is 0 Å². The van der Waals surface area contributed by atoms with E-state index in [0.29, 0.717) is 21.8 Å². The summed E-state index contributed by atoms with van der Waals surface area (Å²) < 4.78 is 2.46. The minimum absolute atomic E-state index is 0.0305. The van der Waals surface area contributed by atoms with Gasteiger partial charge in [-0.15, -0.1) is 5.10 Å². The highest BCUT2D eigenvalue weighted by atomic mass is 35.5. The smallest absolute Gasteiger partial charge is 0.225 e. The molecule has 1 aromatic heterocycles. The van der Waals surface area contributed by atoms with Gasteiger partial charge in [0.2, 0.25) is 11.0 Å². The van der Waals surface area contributed by atoms with Crippen LogP contribution in [0.5, 0.6) is 0 Å². The van der Waals surface area contributed by atoms with Crippen molar-refractivity contribution in [2.75, 3.05) is 11.9 Å². The van der Waals surface area contributed by atoms with E-state index in [1.165, 1.54) is 16.9 Å². The molecule has 0 bridgehead atoms. The van der Waals surface area contributed by atoms with E-state index >= 15 is 0 Å². The zero-order chi connectivity index (χ0) is 17.3. The van der Waals surface area contributed by atoms with E-state index in [-0.39, 0.29) is 5.91 Å². The van der Waals surface area contributed by atoms with Crippen molar-refractivity contribution >= 4 is 46.2 Å². The van der Waals surface area contributed by atoms with Gasteiger partial charge in [0.25, 0.3) is 0 Å². The van der Waals surface area contributed by atoms with Crippen LogP contribution in [0.25, 0.3) is 0 Å². The number of carbonyl (C=O) groups is 1. The summed E-state index contributed by atoms with van der Waals surface area (Å²) in [6.45, 7) is 2.93. The lowest BCUT2D eigenvalue weighted by Crippen LogP contribution is -2.31. The first-order valence-electron chi connectivity index (χ1n) is 7.75. The van der Waals surface area contributed by atoms with Crippen molar-refractivity contribution in [3.63, 3.8) is 0 Å². The van der Waals surface area contributed by atoms with Crippen LogP contribution in [-0.2, 0) is 18.0 Å². The molecule has 2 aromatic rings. The first-order valence-corrected chi connectivity index (χ1v) is 9.35. The maximum atomic E-state index is 11.9. The second kappa shape index (κ2) is 7.31. The number of nitrogens with zero attached hydrogens (tertiary/aromatic N) is 4. The second-order valence-electron chi connectivity index (χ2n) is 6.05. The van der Waals surface area contributed by atoms with Crippen molar-refractivity contribution in [2.45, 2.75) is 39.0 Å². The molecule has 1 fully saturated rings.